The molecule has 6 nitrogen and oxygen atoms in total. The van der Waals surface area contributed by atoms with E-state index in [9.17, 15) is 9.18 Å². The molecule has 9 heteroatoms. The molecule has 0 aliphatic carbocycles. The van der Waals surface area contributed by atoms with E-state index in [1.54, 1.807) is 6.07 Å². The lowest BCUT2D eigenvalue weighted by Gasteiger charge is -2.30. The Hall–Kier alpha value is -1.38. The lowest BCUT2D eigenvalue weighted by Crippen LogP contribution is -2.36. The van der Waals surface area contributed by atoms with Crippen molar-refractivity contribution >= 4 is 34.0 Å². The normalized spacial score (nSPS) is 16.5. The molecule has 1 unspecified atom stereocenters. The molecule has 1 aliphatic heterocycles. The maximum absolute atomic E-state index is 14.2. The molecule has 2 aromatic rings. The first-order valence-electron chi connectivity index (χ1n) is 7.57. The van der Waals surface area contributed by atoms with Crippen molar-refractivity contribution in [3.8, 4) is 11.5 Å². The first-order chi connectivity index (χ1) is 11.0. The number of nitrogens with one attached hydrogen (secondary N) is 3. The van der Waals surface area contributed by atoms with E-state index in [2.05, 4.69) is 43.7 Å². The Morgan fingerprint density at radius 3 is 2.75 bits per heavy atom. The predicted octanol–water partition coefficient (Wildman–Crippen LogP) is 3.15. The first kappa shape index (κ1) is 19.0. The van der Waals surface area contributed by atoms with E-state index < -0.39 is 11.6 Å². The highest BCUT2D eigenvalue weighted by Crippen LogP contribution is 2.32. The third-order valence-corrected chi connectivity index (χ3v) is 4.99. The van der Waals surface area contributed by atoms with E-state index in [0.717, 1.165) is 25.9 Å². The predicted molar refractivity (Wildman–Crippen MR) is 96.1 cm³/mol. The zero-order valence-electron chi connectivity index (χ0n) is 13.1. The summed E-state index contributed by atoms with van der Waals surface area (Å²) < 4.78 is 19.4. The van der Waals surface area contributed by atoms with Gasteiger partial charge in [0.25, 0.3) is 0 Å². The average molecular weight is 422 g/mol. The third-order valence-electron chi connectivity index (χ3n) is 4.19. The lowest BCUT2D eigenvalue weighted by atomic mass is 9.91. The van der Waals surface area contributed by atoms with Crippen LogP contribution in [0.5, 0.6) is 0 Å². The second-order valence-corrected chi connectivity index (χ2v) is 6.55. The van der Waals surface area contributed by atoms with Gasteiger partial charge in [-0.1, -0.05) is 0 Å². The summed E-state index contributed by atoms with van der Waals surface area (Å²) >= 11 is 3.27. The fraction of sp³-hybridized carbons (Fsp3) is 0.467. The summed E-state index contributed by atoms with van der Waals surface area (Å²) in [5.74, 6) is -0.508. The van der Waals surface area contributed by atoms with Gasteiger partial charge in [0.05, 0.1) is 10.2 Å². The lowest BCUT2D eigenvalue weighted by molar-refractivity contribution is 0.343. The van der Waals surface area contributed by atoms with Gasteiger partial charge in [-0.15, -0.1) is 17.5 Å². The van der Waals surface area contributed by atoms with Crippen LogP contribution >= 0.6 is 28.3 Å². The highest BCUT2D eigenvalue weighted by molar-refractivity contribution is 9.10. The SMILES string of the molecule is CC(Nc1cc(-c2n[nH]c(=O)o2)cc(F)c1Br)C1CCNCC1.Cl. The van der Waals surface area contributed by atoms with Crippen molar-refractivity contribution in [3.05, 3.63) is 33.0 Å². The molecule has 1 atom stereocenters. The van der Waals surface area contributed by atoms with Gasteiger partial charge in [0, 0.05) is 11.6 Å². The van der Waals surface area contributed by atoms with Crippen LogP contribution in [0.2, 0.25) is 0 Å². The van der Waals surface area contributed by atoms with E-state index in [1.165, 1.54) is 6.07 Å². The number of rotatable bonds is 4. The van der Waals surface area contributed by atoms with Crippen LogP contribution in [0.4, 0.5) is 10.1 Å². The van der Waals surface area contributed by atoms with E-state index >= 15 is 0 Å². The molecule has 0 radical (unpaired) electrons. The quantitative estimate of drug-likeness (QED) is 0.706. The summed E-state index contributed by atoms with van der Waals surface area (Å²) in [5.41, 5.74) is 1.03. The zero-order valence-corrected chi connectivity index (χ0v) is 15.5. The molecule has 0 saturated carbocycles. The Bertz CT molecular complexity index is 745. The van der Waals surface area contributed by atoms with Crippen molar-refractivity contribution in [3.63, 3.8) is 0 Å². The third kappa shape index (κ3) is 4.17. The van der Waals surface area contributed by atoms with E-state index in [1.807, 2.05) is 0 Å². The monoisotopic (exact) mass is 420 g/mol. The summed E-state index contributed by atoms with van der Waals surface area (Å²) in [7, 11) is 0. The van der Waals surface area contributed by atoms with E-state index in [-0.39, 0.29) is 24.3 Å². The minimum Gasteiger partial charge on any atom is -0.388 e. The Morgan fingerprint density at radius 1 is 1.42 bits per heavy atom. The molecule has 1 aromatic carbocycles. The number of aromatic amines is 1. The molecule has 1 aliphatic rings. The Kier molecular flexibility index (Phi) is 6.42. The van der Waals surface area contributed by atoms with Crippen molar-refractivity contribution < 1.29 is 8.81 Å². The molecule has 2 heterocycles. The van der Waals surface area contributed by atoms with E-state index in [0.29, 0.717) is 21.6 Å². The van der Waals surface area contributed by atoms with Crippen LogP contribution in [0, 0.1) is 11.7 Å². The first-order valence-corrected chi connectivity index (χ1v) is 8.36. The van der Waals surface area contributed by atoms with Crippen LogP contribution in [-0.4, -0.2) is 29.3 Å². The van der Waals surface area contributed by atoms with Gasteiger partial charge in [0.2, 0.25) is 5.89 Å². The average Bonchev–Trinajstić information content (AvgIpc) is 2.99. The van der Waals surface area contributed by atoms with Crippen LogP contribution in [0.3, 0.4) is 0 Å². The number of H-pyrrole nitrogens is 1. The number of hydrogen-bond acceptors (Lipinski definition) is 5. The zero-order chi connectivity index (χ0) is 16.4. The molecule has 3 rings (SSSR count). The van der Waals surface area contributed by atoms with Gasteiger partial charge in [0.15, 0.2) is 0 Å². The molecule has 24 heavy (non-hydrogen) atoms. The standard InChI is InChI=1S/C15H18BrFN4O2.ClH/c1-8(9-2-4-18-5-3-9)19-12-7-10(6-11(17)13(12)16)14-20-21-15(22)23-14;/h6-9,18-19H,2-5H2,1H3,(H,21,22);1H. The fourth-order valence-electron chi connectivity index (χ4n) is 2.88. The number of aromatic nitrogens is 2. The van der Waals surface area contributed by atoms with Crippen LogP contribution in [0.25, 0.3) is 11.5 Å². The number of benzene rings is 1. The fourth-order valence-corrected chi connectivity index (χ4v) is 3.22. The van der Waals surface area contributed by atoms with Crippen molar-refractivity contribution in [2.75, 3.05) is 18.4 Å². The van der Waals surface area contributed by atoms with Gasteiger partial charge < -0.3 is 15.1 Å². The topological polar surface area (TPSA) is 83.0 Å². The van der Waals surface area contributed by atoms with Gasteiger partial charge in [-0.25, -0.2) is 14.3 Å². The van der Waals surface area contributed by atoms with Gasteiger partial charge in [-0.05, 0) is 66.8 Å². The molecular weight excluding hydrogens is 403 g/mol. The Labute approximate surface area is 153 Å². The summed E-state index contributed by atoms with van der Waals surface area (Å²) in [6.07, 6.45) is 2.17. The summed E-state index contributed by atoms with van der Waals surface area (Å²) in [6.45, 7) is 4.11. The van der Waals surface area contributed by atoms with Crippen molar-refractivity contribution in [1.29, 1.82) is 0 Å². The second kappa shape index (κ2) is 8.13. The van der Waals surface area contributed by atoms with Crippen molar-refractivity contribution in [1.82, 2.24) is 15.5 Å². The number of piperidine rings is 1. The van der Waals surface area contributed by atoms with Gasteiger partial charge >= 0.3 is 5.76 Å². The number of anilines is 1. The maximum atomic E-state index is 14.2. The van der Waals surface area contributed by atoms with Gasteiger partial charge in [0.1, 0.15) is 5.82 Å². The largest absolute Gasteiger partial charge is 0.434 e. The second-order valence-electron chi connectivity index (χ2n) is 5.76. The van der Waals surface area contributed by atoms with E-state index in [4.69, 9.17) is 4.42 Å². The molecule has 0 amide bonds. The van der Waals surface area contributed by atoms with Crippen LogP contribution < -0.4 is 16.4 Å². The minimum absolute atomic E-state index is 0. The highest BCUT2D eigenvalue weighted by atomic mass is 79.9. The van der Waals surface area contributed by atoms with Gasteiger partial charge in [-0.3, -0.25) is 0 Å². The smallest absolute Gasteiger partial charge is 0.388 e. The molecule has 0 spiro atoms. The Balaban J connectivity index is 0.00000208. The Morgan fingerprint density at radius 2 is 2.12 bits per heavy atom. The van der Waals surface area contributed by atoms with Gasteiger partial charge in [-0.2, -0.15) is 0 Å². The molecular formula is C15H19BrClFN4O2. The molecule has 1 saturated heterocycles. The molecule has 132 valence electrons. The summed E-state index contributed by atoms with van der Waals surface area (Å²) in [5, 5.41) is 12.6. The maximum Gasteiger partial charge on any atom is 0.434 e. The minimum atomic E-state index is -0.666. The van der Waals surface area contributed by atoms with Crippen molar-refractivity contribution in [2.24, 2.45) is 5.92 Å². The number of nitrogens with zero attached hydrogens (tertiary/aromatic N) is 1. The summed E-state index contributed by atoms with van der Waals surface area (Å²) in [4.78, 5) is 11.1. The van der Waals surface area contributed by atoms with Crippen LogP contribution in [-0.2, 0) is 0 Å². The highest BCUT2D eigenvalue weighted by Gasteiger charge is 2.21. The number of halogens is 3. The molecule has 1 fully saturated rings. The number of hydrogen-bond donors (Lipinski definition) is 3. The molecule has 0 bridgehead atoms. The molecule has 3 N–H and O–H groups in total. The van der Waals surface area contributed by atoms with Crippen molar-refractivity contribution in [2.45, 2.75) is 25.8 Å². The van der Waals surface area contributed by atoms with Crippen LogP contribution in [0.1, 0.15) is 19.8 Å². The summed E-state index contributed by atoms with van der Waals surface area (Å²) in [6, 6.07) is 3.21. The van der Waals surface area contributed by atoms with Crippen LogP contribution in [0.15, 0.2) is 25.8 Å². The molecule has 1 aromatic heterocycles.